The Morgan fingerprint density at radius 1 is 1.58 bits per heavy atom. The highest BCUT2D eigenvalue weighted by molar-refractivity contribution is 9.10. The molecule has 0 radical (unpaired) electrons. The average molecular weight is 244 g/mol. The van der Waals surface area contributed by atoms with Crippen molar-refractivity contribution in [3.63, 3.8) is 0 Å². The minimum atomic E-state index is 1.06. The molecule has 1 fully saturated rings. The van der Waals surface area contributed by atoms with E-state index in [2.05, 4.69) is 38.8 Å². The monoisotopic (exact) mass is 243 g/mol. The smallest absolute Gasteiger partial charge is 0.0288 e. The van der Waals surface area contributed by atoms with Gasteiger partial charge in [-0.2, -0.15) is 0 Å². The van der Waals surface area contributed by atoms with E-state index in [1.165, 1.54) is 21.3 Å². The normalized spacial score (nSPS) is 20.6. The number of rotatable bonds is 1. The maximum absolute atomic E-state index is 3.45. The van der Waals surface area contributed by atoms with Gasteiger partial charge in [0.1, 0.15) is 0 Å². The van der Waals surface area contributed by atoms with Crippen LogP contribution in [0.1, 0.15) is 11.3 Å². The van der Waals surface area contributed by atoms with E-state index < -0.39 is 0 Å². The van der Waals surface area contributed by atoms with Gasteiger partial charge in [0.2, 0.25) is 0 Å². The third-order valence-corrected chi connectivity index (χ3v) is 3.55. The molecule has 0 amide bonds. The molecular weight excluding hydrogens is 234 g/mol. The Morgan fingerprint density at radius 3 is 3.08 bits per heavy atom. The van der Waals surface area contributed by atoms with Gasteiger partial charge >= 0.3 is 0 Å². The molecule has 1 nitrogen and oxygen atoms in total. The Balaban J connectivity index is 2.15. The van der Waals surface area contributed by atoms with Crippen LogP contribution in [-0.2, 0) is 0 Å². The standard InChI is InChI=1S/C9H10BrNS/c10-8-4-9(12-6-8)3-7-1-2-11-5-7/h3-4,6,11H,1-2,5H2/b7-3-. The van der Waals surface area contributed by atoms with E-state index in [4.69, 9.17) is 0 Å². The van der Waals surface area contributed by atoms with Crippen LogP contribution in [0.3, 0.4) is 0 Å². The Morgan fingerprint density at radius 2 is 2.50 bits per heavy atom. The zero-order valence-electron chi connectivity index (χ0n) is 6.64. The molecule has 0 spiro atoms. The molecule has 1 aliphatic heterocycles. The summed E-state index contributed by atoms with van der Waals surface area (Å²) in [6.07, 6.45) is 3.49. The predicted octanol–water partition coefficient (Wildman–Crippen LogP) is 2.89. The first-order chi connectivity index (χ1) is 5.84. The van der Waals surface area contributed by atoms with Gasteiger partial charge in [0, 0.05) is 21.3 Å². The molecule has 0 aliphatic carbocycles. The lowest BCUT2D eigenvalue weighted by Crippen LogP contribution is -2.04. The first kappa shape index (κ1) is 8.48. The zero-order valence-corrected chi connectivity index (χ0v) is 9.04. The molecule has 2 heterocycles. The predicted molar refractivity (Wildman–Crippen MR) is 57.5 cm³/mol. The van der Waals surface area contributed by atoms with E-state index in [0.29, 0.717) is 0 Å². The summed E-state index contributed by atoms with van der Waals surface area (Å²) in [5.41, 5.74) is 1.52. The minimum Gasteiger partial charge on any atom is -0.313 e. The second-order valence-electron chi connectivity index (χ2n) is 2.90. The summed E-state index contributed by atoms with van der Waals surface area (Å²) in [5.74, 6) is 0. The van der Waals surface area contributed by atoms with Crippen LogP contribution in [0.5, 0.6) is 0 Å². The molecule has 0 bridgehead atoms. The lowest BCUT2D eigenvalue weighted by atomic mass is 10.2. The fourth-order valence-corrected chi connectivity index (χ4v) is 2.74. The van der Waals surface area contributed by atoms with E-state index in [1.54, 1.807) is 11.3 Å². The Hall–Kier alpha value is -0.120. The van der Waals surface area contributed by atoms with E-state index >= 15 is 0 Å². The van der Waals surface area contributed by atoms with Crippen LogP contribution in [0.2, 0.25) is 0 Å². The van der Waals surface area contributed by atoms with Crippen molar-refractivity contribution in [2.75, 3.05) is 13.1 Å². The fourth-order valence-electron chi connectivity index (χ4n) is 1.31. The van der Waals surface area contributed by atoms with E-state index in [0.717, 1.165) is 13.1 Å². The van der Waals surface area contributed by atoms with Crippen molar-refractivity contribution in [3.8, 4) is 0 Å². The van der Waals surface area contributed by atoms with Gasteiger partial charge in [-0.25, -0.2) is 0 Å². The SMILES string of the molecule is Brc1csc(/C=C2/CCNC2)c1. The van der Waals surface area contributed by atoms with Crippen molar-refractivity contribution in [1.29, 1.82) is 0 Å². The summed E-state index contributed by atoms with van der Waals surface area (Å²) in [6.45, 7) is 2.20. The average Bonchev–Trinajstić information content (AvgIpc) is 2.63. The van der Waals surface area contributed by atoms with E-state index in [9.17, 15) is 0 Å². The highest BCUT2D eigenvalue weighted by Gasteiger charge is 2.05. The van der Waals surface area contributed by atoms with Gasteiger partial charge in [-0.3, -0.25) is 0 Å². The van der Waals surface area contributed by atoms with Crippen molar-refractivity contribution in [2.45, 2.75) is 6.42 Å². The maximum atomic E-state index is 3.45. The molecule has 0 atom stereocenters. The van der Waals surface area contributed by atoms with Crippen LogP contribution in [0.25, 0.3) is 6.08 Å². The molecule has 1 aliphatic rings. The molecule has 1 aromatic rings. The molecule has 2 rings (SSSR count). The fraction of sp³-hybridized carbons (Fsp3) is 0.333. The van der Waals surface area contributed by atoms with Crippen LogP contribution in [0.15, 0.2) is 21.5 Å². The van der Waals surface area contributed by atoms with Crippen molar-refractivity contribution < 1.29 is 0 Å². The molecule has 3 heteroatoms. The van der Waals surface area contributed by atoms with Gasteiger partial charge in [0.25, 0.3) is 0 Å². The summed E-state index contributed by atoms with van der Waals surface area (Å²) < 4.78 is 1.19. The van der Waals surface area contributed by atoms with Gasteiger partial charge < -0.3 is 5.32 Å². The summed E-state index contributed by atoms with van der Waals surface area (Å²) in [4.78, 5) is 1.35. The quantitative estimate of drug-likeness (QED) is 0.800. The minimum absolute atomic E-state index is 1.06. The Bertz CT molecular complexity index is 295. The van der Waals surface area contributed by atoms with Crippen molar-refractivity contribution in [1.82, 2.24) is 5.32 Å². The Labute approximate surface area is 84.6 Å². The van der Waals surface area contributed by atoms with Gasteiger partial charge in [0.15, 0.2) is 0 Å². The third kappa shape index (κ3) is 1.97. The van der Waals surface area contributed by atoms with Crippen LogP contribution >= 0.6 is 27.3 Å². The largest absolute Gasteiger partial charge is 0.313 e. The highest BCUT2D eigenvalue weighted by atomic mass is 79.9. The van der Waals surface area contributed by atoms with Gasteiger partial charge in [0.05, 0.1) is 0 Å². The molecule has 12 heavy (non-hydrogen) atoms. The summed E-state index contributed by atoms with van der Waals surface area (Å²) in [5, 5.41) is 5.44. The second-order valence-corrected chi connectivity index (χ2v) is 4.76. The van der Waals surface area contributed by atoms with Crippen LogP contribution in [-0.4, -0.2) is 13.1 Å². The van der Waals surface area contributed by atoms with Gasteiger partial charge in [-0.1, -0.05) is 5.57 Å². The maximum Gasteiger partial charge on any atom is 0.0288 e. The van der Waals surface area contributed by atoms with E-state index in [1.807, 2.05) is 0 Å². The number of halogens is 1. The Kier molecular flexibility index (Phi) is 2.63. The summed E-state index contributed by atoms with van der Waals surface area (Å²) in [7, 11) is 0. The lowest BCUT2D eigenvalue weighted by molar-refractivity contribution is 0.862. The molecule has 0 aromatic carbocycles. The second kappa shape index (κ2) is 3.73. The number of hydrogen-bond donors (Lipinski definition) is 1. The first-order valence-electron chi connectivity index (χ1n) is 3.99. The summed E-state index contributed by atoms with van der Waals surface area (Å²) in [6, 6.07) is 2.16. The number of thiophene rings is 1. The van der Waals surface area contributed by atoms with Crippen molar-refractivity contribution in [3.05, 3.63) is 26.4 Å². The zero-order chi connectivity index (χ0) is 8.39. The van der Waals surface area contributed by atoms with Gasteiger partial charge in [-0.15, -0.1) is 11.3 Å². The van der Waals surface area contributed by atoms with Crippen molar-refractivity contribution in [2.24, 2.45) is 0 Å². The molecule has 0 saturated carbocycles. The topological polar surface area (TPSA) is 12.0 Å². The van der Waals surface area contributed by atoms with Crippen molar-refractivity contribution >= 4 is 33.3 Å². The van der Waals surface area contributed by atoms with Crippen LogP contribution in [0, 0.1) is 0 Å². The van der Waals surface area contributed by atoms with E-state index in [-0.39, 0.29) is 0 Å². The van der Waals surface area contributed by atoms with Crippen LogP contribution in [0.4, 0.5) is 0 Å². The number of nitrogens with one attached hydrogen (secondary N) is 1. The molecule has 1 saturated heterocycles. The molecule has 1 aromatic heterocycles. The first-order valence-corrected chi connectivity index (χ1v) is 5.66. The summed E-state index contributed by atoms with van der Waals surface area (Å²) >= 11 is 5.23. The number of hydrogen-bond acceptors (Lipinski definition) is 2. The highest BCUT2D eigenvalue weighted by Crippen LogP contribution is 2.23. The third-order valence-electron chi connectivity index (χ3n) is 1.91. The molecular formula is C9H10BrNS. The lowest BCUT2D eigenvalue weighted by Gasteiger charge is -1.90. The molecule has 1 N–H and O–H groups in total. The molecule has 0 unspecified atom stereocenters. The van der Waals surface area contributed by atoms with Crippen LogP contribution < -0.4 is 5.32 Å². The molecule has 64 valence electrons. The van der Waals surface area contributed by atoms with Gasteiger partial charge in [-0.05, 0) is 41.0 Å².